The predicted octanol–water partition coefficient (Wildman–Crippen LogP) is 1.96. The highest BCUT2D eigenvalue weighted by molar-refractivity contribution is 6.24. The Kier molecular flexibility index (Phi) is 5.75. The van der Waals surface area contributed by atoms with Crippen LogP contribution in [0.3, 0.4) is 0 Å². The Balaban J connectivity index is 1.42. The van der Waals surface area contributed by atoms with E-state index in [1.165, 1.54) is 0 Å². The summed E-state index contributed by atoms with van der Waals surface area (Å²) >= 11 is 0. The molecule has 1 atom stereocenters. The lowest BCUT2D eigenvalue weighted by molar-refractivity contribution is -0.135. The molecular formula is C22H24N4O5. The van der Waals surface area contributed by atoms with Crippen LogP contribution in [0.15, 0.2) is 42.5 Å². The molecule has 1 N–H and O–H groups in total. The Morgan fingerprint density at radius 1 is 1.00 bits per heavy atom. The van der Waals surface area contributed by atoms with Gasteiger partial charge < -0.3 is 19.9 Å². The van der Waals surface area contributed by atoms with Crippen LogP contribution in [0.5, 0.6) is 0 Å². The smallest absolute Gasteiger partial charge is 0.409 e. The Labute approximate surface area is 179 Å². The molecule has 1 unspecified atom stereocenters. The third-order valence-corrected chi connectivity index (χ3v) is 5.56. The van der Waals surface area contributed by atoms with Crippen LogP contribution < -0.4 is 10.2 Å². The van der Waals surface area contributed by atoms with E-state index in [-0.39, 0.29) is 12.3 Å². The minimum Gasteiger partial charge on any atom is -0.450 e. The van der Waals surface area contributed by atoms with E-state index in [0.29, 0.717) is 38.5 Å². The third-order valence-electron chi connectivity index (χ3n) is 5.56. The fourth-order valence-corrected chi connectivity index (χ4v) is 3.96. The lowest BCUT2D eigenvalue weighted by atomic mass is 10.1. The van der Waals surface area contributed by atoms with Crippen molar-refractivity contribution in [3.8, 4) is 0 Å². The Bertz CT molecular complexity index is 1030. The summed E-state index contributed by atoms with van der Waals surface area (Å²) < 4.78 is 4.98. The van der Waals surface area contributed by atoms with Gasteiger partial charge in [0, 0.05) is 31.6 Å². The molecule has 2 saturated heterocycles. The van der Waals surface area contributed by atoms with Gasteiger partial charge in [-0.05, 0) is 18.4 Å². The fraction of sp³-hybridized carbons (Fsp3) is 0.364. The number of carbonyl (C=O) groups excluding carboxylic acids is 4. The zero-order valence-corrected chi connectivity index (χ0v) is 17.2. The SMILES string of the molecule is CCOC(=O)N1CCN(C(=O)CC2NC(=O)N(c3cccc4ccccc34)C2=O)CC1. The molecule has 0 aromatic heterocycles. The van der Waals surface area contributed by atoms with Crippen LogP contribution in [0, 0.1) is 0 Å². The first-order valence-corrected chi connectivity index (χ1v) is 10.3. The molecule has 5 amide bonds. The number of imide groups is 1. The highest BCUT2D eigenvalue weighted by atomic mass is 16.6. The summed E-state index contributed by atoms with van der Waals surface area (Å²) in [6, 6.07) is 11.5. The maximum absolute atomic E-state index is 13.0. The number of hydrogen-bond acceptors (Lipinski definition) is 5. The maximum atomic E-state index is 13.0. The van der Waals surface area contributed by atoms with Crippen molar-refractivity contribution in [2.24, 2.45) is 0 Å². The minimum atomic E-state index is -0.915. The van der Waals surface area contributed by atoms with Crippen LogP contribution in [-0.4, -0.2) is 72.6 Å². The van der Waals surface area contributed by atoms with Crippen molar-refractivity contribution < 1.29 is 23.9 Å². The molecule has 9 heteroatoms. The monoisotopic (exact) mass is 424 g/mol. The zero-order chi connectivity index (χ0) is 22.0. The first kappa shape index (κ1) is 20.6. The Morgan fingerprint density at radius 3 is 2.42 bits per heavy atom. The van der Waals surface area contributed by atoms with Crippen molar-refractivity contribution in [1.82, 2.24) is 15.1 Å². The van der Waals surface area contributed by atoms with E-state index in [1.54, 1.807) is 28.9 Å². The molecule has 2 aromatic carbocycles. The summed E-state index contributed by atoms with van der Waals surface area (Å²) in [5.74, 6) is -0.679. The number of fused-ring (bicyclic) bond motifs is 1. The van der Waals surface area contributed by atoms with Gasteiger partial charge in [0.2, 0.25) is 5.91 Å². The number of urea groups is 1. The molecule has 0 bridgehead atoms. The van der Waals surface area contributed by atoms with Crippen molar-refractivity contribution >= 4 is 40.4 Å². The number of anilines is 1. The van der Waals surface area contributed by atoms with Crippen molar-refractivity contribution in [3.63, 3.8) is 0 Å². The molecule has 2 aromatic rings. The van der Waals surface area contributed by atoms with Gasteiger partial charge in [-0.1, -0.05) is 36.4 Å². The van der Waals surface area contributed by atoms with Crippen LogP contribution in [0.2, 0.25) is 0 Å². The van der Waals surface area contributed by atoms with Gasteiger partial charge in [-0.15, -0.1) is 0 Å². The summed E-state index contributed by atoms with van der Waals surface area (Å²) in [6.45, 7) is 3.51. The number of nitrogens with zero attached hydrogens (tertiary/aromatic N) is 3. The third kappa shape index (κ3) is 4.03. The topological polar surface area (TPSA) is 99.3 Å². The molecule has 2 heterocycles. The number of piperazine rings is 1. The molecule has 4 rings (SSSR count). The van der Waals surface area contributed by atoms with Gasteiger partial charge in [0.15, 0.2) is 0 Å². The first-order valence-electron chi connectivity index (χ1n) is 10.3. The van der Waals surface area contributed by atoms with Gasteiger partial charge in [-0.2, -0.15) is 0 Å². The normalized spacial score (nSPS) is 19.0. The number of ether oxygens (including phenoxy) is 1. The van der Waals surface area contributed by atoms with E-state index < -0.39 is 24.1 Å². The van der Waals surface area contributed by atoms with Crippen molar-refractivity contribution in [3.05, 3.63) is 42.5 Å². The van der Waals surface area contributed by atoms with Crippen LogP contribution in [0.1, 0.15) is 13.3 Å². The van der Waals surface area contributed by atoms with E-state index in [0.717, 1.165) is 15.7 Å². The van der Waals surface area contributed by atoms with Crippen LogP contribution in [0.25, 0.3) is 10.8 Å². The van der Waals surface area contributed by atoms with Crippen LogP contribution >= 0.6 is 0 Å². The van der Waals surface area contributed by atoms with Crippen molar-refractivity contribution in [1.29, 1.82) is 0 Å². The van der Waals surface area contributed by atoms with Crippen molar-refractivity contribution in [2.75, 3.05) is 37.7 Å². The van der Waals surface area contributed by atoms with Gasteiger partial charge in [0.1, 0.15) is 6.04 Å². The summed E-state index contributed by atoms with van der Waals surface area (Å²) in [4.78, 5) is 54.4. The highest BCUT2D eigenvalue weighted by Gasteiger charge is 2.41. The van der Waals surface area contributed by atoms with E-state index in [2.05, 4.69) is 5.32 Å². The van der Waals surface area contributed by atoms with Gasteiger partial charge in [-0.3, -0.25) is 9.59 Å². The molecule has 2 fully saturated rings. The molecule has 0 spiro atoms. The number of amides is 5. The van der Waals surface area contributed by atoms with E-state index in [1.807, 2.05) is 30.3 Å². The van der Waals surface area contributed by atoms with E-state index in [4.69, 9.17) is 4.74 Å². The summed E-state index contributed by atoms with van der Waals surface area (Å²) in [5.41, 5.74) is 0.499. The molecule has 31 heavy (non-hydrogen) atoms. The number of carbonyl (C=O) groups is 4. The quantitative estimate of drug-likeness (QED) is 0.757. The van der Waals surface area contributed by atoms with Gasteiger partial charge in [0.25, 0.3) is 5.91 Å². The lowest BCUT2D eigenvalue weighted by Gasteiger charge is -2.34. The lowest BCUT2D eigenvalue weighted by Crippen LogP contribution is -2.51. The average molecular weight is 424 g/mol. The molecule has 2 aliphatic rings. The molecular weight excluding hydrogens is 400 g/mol. The van der Waals surface area contributed by atoms with E-state index >= 15 is 0 Å². The van der Waals surface area contributed by atoms with Crippen LogP contribution in [0.4, 0.5) is 15.3 Å². The second kappa shape index (κ2) is 8.63. The maximum Gasteiger partial charge on any atom is 0.409 e. The average Bonchev–Trinajstić information content (AvgIpc) is 3.06. The van der Waals surface area contributed by atoms with Crippen LogP contribution in [-0.2, 0) is 14.3 Å². The highest BCUT2D eigenvalue weighted by Crippen LogP contribution is 2.29. The van der Waals surface area contributed by atoms with Gasteiger partial charge in [-0.25, -0.2) is 14.5 Å². The first-order chi connectivity index (χ1) is 15.0. The number of hydrogen-bond donors (Lipinski definition) is 1. The molecule has 0 radical (unpaired) electrons. The molecule has 2 aliphatic heterocycles. The molecule has 9 nitrogen and oxygen atoms in total. The Morgan fingerprint density at radius 2 is 1.68 bits per heavy atom. The summed E-state index contributed by atoms with van der Waals surface area (Å²) in [7, 11) is 0. The second-order valence-electron chi connectivity index (χ2n) is 7.44. The van der Waals surface area contributed by atoms with Gasteiger partial charge in [0.05, 0.1) is 18.7 Å². The second-order valence-corrected chi connectivity index (χ2v) is 7.44. The standard InChI is InChI=1S/C22H24N4O5/c1-2-31-22(30)25-12-10-24(11-13-25)19(27)14-17-20(28)26(21(29)23-17)18-9-5-7-15-6-3-4-8-16(15)18/h3-9,17H,2,10-14H2,1H3,(H,23,29). The Hall–Kier alpha value is -3.62. The molecule has 0 saturated carbocycles. The minimum absolute atomic E-state index is 0.120. The van der Waals surface area contributed by atoms with E-state index in [9.17, 15) is 19.2 Å². The summed E-state index contributed by atoms with van der Waals surface area (Å²) in [6.07, 6.45) is -0.510. The summed E-state index contributed by atoms with van der Waals surface area (Å²) in [5, 5.41) is 4.34. The largest absolute Gasteiger partial charge is 0.450 e. The fourth-order valence-electron chi connectivity index (χ4n) is 3.96. The van der Waals surface area contributed by atoms with Gasteiger partial charge >= 0.3 is 12.1 Å². The zero-order valence-electron chi connectivity index (χ0n) is 17.2. The predicted molar refractivity (Wildman–Crippen MR) is 114 cm³/mol. The molecule has 162 valence electrons. The molecule has 0 aliphatic carbocycles. The number of benzene rings is 2. The number of rotatable bonds is 4. The number of nitrogens with one attached hydrogen (secondary N) is 1. The van der Waals surface area contributed by atoms with Crippen molar-refractivity contribution in [2.45, 2.75) is 19.4 Å².